The van der Waals surface area contributed by atoms with E-state index in [0.29, 0.717) is 6.54 Å². The van der Waals surface area contributed by atoms with Crippen LogP contribution >= 0.6 is 0 Å². The van der Waals surface area contributed by atoms with Gasteiger partial charge in [-0.05, 0) is 29.7 Å². The number of carbonyl (C=O) groups excluding carboxylic acids is 2. The zero-order valence-corrected chi connectivity index (χ0v) is 12.0. The number of pyridine rings is 1. The predicted octanol–water partition coefficient (Wildman–Crippen LogP) is 2.31. The van der Waals surface area contributed by atoms with Crippen LogP contribution in [0.25, 0.3) is 10.9 Å². The SMILES string of the molecule is CC(C)C1NC(=O)N(Cc2ccc3ncccc3c2)C1=O. The van der Waals surface area contributed by atoms with E-state index in [1.165, 1.54) is 4.90 Å². The van der Waals surface area contributed by atoms with Gasteiger partial charge in [0.1, 0.15) is 6.04 Å². The van der Waals surface area contributed by atoms with Gasteiger partial charge in [-0.25, -0.2) is 4.79 Å². The highest BCUT2D eigenvalue weighted by atomic mass is 16.2. The van der Waals surface area contributed by atoms with Crippen LogP contribution in [0.3, 0.4) is 0 Å². The highest BCUT2D eigenvalue weighted by molar-refractivity contribution is 6.04. The van der Waals surface area contributed by atoms with Crippen molar-refractivity contribution in [1.29, 1.82) is 0 Å². The van der Waals surface area contributed by atoms with Crippen molar-refractivity contribution in [2.45, 2.75) is 26.4 Å². The first-order valence-electron chi connectivity index (χ1n) is 7.02. The lowest BCUT2D eigenvalue weighted by molar-refractivity contribution is -0.128. The summed E-state index contributed by atoms with van der Waals surface area (Å²) in [5.41, 5.74) is 1.82. The Bertz CT molecular complexity index is 711. The van der Waals surface area contributed by atoms with Crippen molar-refractivity contribution in [3.8, 4) is 0 Å². The molecule has 5 nitrogen and oxygen atoms in total. The molecule has 0 aliphatic carbocycles. The Morgan fingerprint density at radius 1 is 1.29 bits per heavy atom. The zero-order valence-electron chi connectivity index (χ0n) is 12.0. The van der Waals surface area contributed by atoms with Gasteiger partial charge in [0.25, 0.3) is 5.91 Å². The smallest absolute Gasteiger partial charge is 0.325 e. The number of hydrogen-bond acceptors (Lipinski definition) is 3. The molecule has 1 aromatic heterocycles. The molecular weight excluding hydrogens is 266 g/mol. The summed E-state index contributed by atoms with van der Waals surface area (Å²) in [6.45, 7) is 4.14. The number of fused-ring (bicyclic) bond motifs is 1. The Morgan fingerprint density at radius 2 is 2.10 bits per heavy atom. The Hall–Kier alpha value is -2.43. The number of amides is 3. The molecule has 5 heteroatoms. The average Bonchev–Trinajstić information content (AvgIpc) is 2.75. The molecule has 1 unspecified atom stereocenters. The Labute approximate surface area is 123 Å². The molecule has 1 atom stereocenters. The molecule has 0 bridgehead atoms. The average molecular weight is 283 g/mol. The molecule has 2 aromatic rings. The first-order valence-corrected chi connectivity index (χ1v) is 7.02. The van der Waals surface area contributed by atoms with Gasteiger partial charge in [0.05, 0.1) is 12.1 Å². The fourth-order valence-electron chi connectivity index (χ4n) is 2.55. The van der Waals surface area contributed by atoms with E-state index in [1.807, 2.05) is 44.2 Å². The topological polar surface area (TPSA) is 62.3 Å². The Morgan fingerprint density at radius 3 is 2.81 bits per heavy atom. The summed E-state index contributed by atoms with van der Waals surface area (Å²) < 4.78 is 0. The highest BCUT2D eigenvalue weighted by Crippen LogP contribution is 2.19. The van der Waals surface area contributed by atoms with Crippen molar-refractivity contribution in [2.24, 2.45) is 5.92 Å². The van der Waals surface area contributed by atoms with E-state index in [0.717, 1.165) is 16.5 Å². The number of benzene rings is 1. The normalized spacial score (nSPS) is 18.6. The van der Waals surface area contributed by atoms with Crippen LogP contribution in [-0.2, 0) is 11.3 Å². The molecule has 21 heavy (non-hydrogen) atoms. The summed E-state index contributed by atoms with van der Waals surface area (Å²) >= 11 is 0. The van der Waals surface area contributed by atoms with Crippen molar-refractivity contribution in [3.63, 3.8) is 0 Å². The standard InChI is InChI=1S/C16H17N3O2/c1-10(2)14-15(20)19(16(21)18-14)9-11-5-6-13-12(8-11)4-3-7-17-13/h3-8,10,14H,9H2,1-2H3,(H,18,21). The number of aromatic nitrogens is 1. The minimum atomic E-state index is -0.417. The van der Waals surface area contributed by atoms with Gasteiger partial charge in [0.15, 0.2) is 0 Å². The molecule has 3 amide bonds. The third-order valence-corrected chi connectivity index (χ3v) is 3.73. The lowest BCUT2D eigenvalue weighted by atomic mass is 10.0. The summed E-state index contributed by atoms with van der Waals surface area (Å²) in [5, 5.41) is 3.74. The van der Waals surface area contributed by atoms with Gasteiger partial charge in [0.2, 0.25) is 0 Å². The molecule has 0 radical (unpaired) electrons. The van der Waals surface area contributed by atoms with Gasteiger partial charge >= 0.3 is 6.03 Å². The monoisotopic (exact) mass is 283 g/mol. The molecule has 0 saturated carbocycles. The van der Waals surface area contributed by atoms with E-state index in [-0.39, 0.29) is 17.9 Å². The van der Waals surface area contributed by atoms with Gasteiger partial charge < -0.3 is 5.32 Å². The van der Waals surface area contributed by atoms with Gasteiger partial charge in [-0.3, -0.25) is 14.7 Å². The highest BCUT2D eigenvalue weighted by Gasteiger charge is 2.39. The lowest BCUT2D eigenvalue weighted by Gasteiger charge is -2.14. The maximum atomic E-state index is 12.3. The first-order chi connectivity index (χ1) is 10.1. The number of imide groups is 1. The molecule has 0 spiro atoms. The van der Waals surface area contributed by atoms with Crippen molar-refractivity contribution in [2.75, 3.05) is 0 Å². The van der Waals surface area contributed by atoms with E-state index in [2.05, 4.69) is 10.3 Å². The van der Waals surface area contributed by atoms with E-state index in [1.54, 1.807) is 6.20 Å². The predicted molar refractivity (Wildman–Crippen MR) is 79.5 cm³/mol. The lowest BCUT2D eigenvalue weighted by Crippen LogP contribution is -2.34. The first kappa shape index (κ1) is 13.5. The minimum Gasteiger partial charge on any atom is -0.326 e. The molecule has 2 heterocycles. The number of rotatable bonds is 3. The van der Waals surface area contributed by atoms with E-state index in [4.69, 9.17) is 0 Å². The van der Waals surface area contributed by atoms with Crippen LogP contribution in [-0.4, -0.2) is 27.9 Å². The van der Waals surface area contributed by atoms with Crippen LogP contribution in [0, 0.1) is 5.92 Å². The molecule has 1 N–H and O–H groups in total. The molecule has 3 rings (SSSR count). The second-order valence-electron chi connectivity index (χ2n) is 5.63. The van der Waals surface area contributed by atoms with Gasteiger partial charge in [-0.2, -0.15) is 0 Å². The van der Waals surface area contributed by atoms with E-state index in [9.17, 15) is 9.59 Å². The minimum absolute atomic E-state index is 0.0900. The van der Waals surface area contributed by atoms with Crippen molar-refractivity contribution < 1.29 is 9.59 Å². The maximum absolute atomic E-state index is 12.3. The zero-order chi connectivity index (χ0) is 15.0. The quantitative estimate of drug-likeness (QED) is 0.879. The summed E-state index contributed by atoms with van der Waals surface area (Å²) in [5.74, 6) is -0.0615. The maximum Gasteiger partial charge on any atom is 0.325 e. The van der Waals surface area contributed by atoms with Crippen LogP contribution in [0.5, 0.6) is 0 Å². The Balaban J connectivity index is 1.85. The summed E-state index contributed by atoms with van der Waals surface area (Å²) in [6.07, 6.45) is 1.74. The summed E-state index contributed by atoms with van der Waals surface area (Å²) in [4.78, 5) is 29.7. The van der Waals surface area contributed by atoms with Crippen molar-refractivity contribution in [1.82, 2.24) is 15.2 Å². The van der Waals surface area contributed by atoms with Gasteiger partial charge in [-0.15, -0.1) is 0 Å². The summed E-state index contributed by atoms with van der Waals surface area (Å²) in [6, 6.07) is 8.88. The molecule has 1 aliphatic rings. The third-order valence-electron chi connectivity index (χ3n) is 3.73. The molecule has 108 valence electrons. The van der Waals surface area contributed by atoms with Crippen LogP contribution in [0.4, 0.5) is 4.79 Å². The number of urea groups is 1. The van der Waals surface area contributed by atoms with Crippen LogP contribution in [0.1, 0.15) is 19.4 Å². The van der Waals surface area contributed by atoms with Gasteiger partial charge in [0, 0.05) is 11.6 Å². The molecule has 1 aliphatic heterocycles. The number of nitrogens with one attached hydrogen (secondary N) is 1. The second kappa shape index (κ2) is 5.16. The van der Waals surface area contributed by atoms with Crippen LogP contribution < -0.4 is 5.32 Å². The number of carbonyl (C=O) groups is 2. The second-order valence-corrected chi connectivity index (χ2v) is 5.63. The van der Waals surface area contributed by atoms with E-state index >= 15 is 0 Å². The van der Waals surface area contributed by atoms with Crippen molar-refractivity contribution in [3.05, 3.63) is 42.1 Å². The third kappa shape index (κ3) is 2.46. The molecular formula is C16H17N3O2. The van der Waals surface area contributed by atoms with Crippen LogP contribution in [0.2, 0.25) is 0 Å². The van der Waals surface area contributed by atoms with E-state index < -0.39 is 6.04 Å². The molecule has 1 saturated heterocycles. The van der Waals surface area contributed by atoms with Crippen LogP contribution in [0.15, 0.2) is 36.5 Å². The molecule has 1 fully saturated rings. The number of hydrogen-bond donors (Lipinski definition) is 1. The largest absolute Gasteiger partial charge is 0.326 e. The Kier molecular flexibility index (Phi) is 3.33. The van der Waals surface area contributed by atoms with Crippen molar-refractivity contribution >= 4 is 22.8 Å². The fraction of sp³-hybridized carbons (Fsp3) is 0.312. The fourth-order valence-corrected chi connectivity index (χ4v) is 2.55. The summed E-state index contributed by atoms with van der Waals surface area (Å²) in [7, 11) is 0. The van der Waals surface area contributed by atoms with Gasteiger partial charge in [-0.1, -0.05) is 26.0 Å². The number of nitrogens with zero attached hydrogens (tertiary/aromatic N) is 2. The molecule has 1 aromatic carbocycles.